The van der Waals surface area contributed by atoms with Gasteiger partial charge < -0.3 is 10.4 Å². The average molecular weight is 221 g/mol. The lowest BCUT2D eigenvalue weighted by Crippen LogP contribution is -2.09. The van der Waals surface area contributed by atoms with Gasteiger partial charge in [0.1, 0.15) is 5.75 Å². The molecule has 2 N–H and O–H groups in total. The summed E-state index contributed by atoms with van der Waals surface area (Å²) in [5.41, 5.74) is 1.55. The van der Waals surface area contributed by atoms with Crippen molar-refractivity contribution in [2.75, 3.05) is 5.32 Å². The minimum Gasteiger partial charge on any atom is -0.507 e. The fourth-order valence-corrected chi connectivity index (χ4v) is 1.49. The first kappa shape index (κ1) is 12.2. The van der Waals surface area contributed by atoms with Gasteiger partial charge in [-0.25, -0.2) is 0 Å². The maximum absolute atomic E-state index is 11.0. The fourth-order valence-electron chi connectivity index (χ4n) is 1.49. The lowest BCUT2D eigenvalue weighted by Gasteiger charge is -2.14. The van der Waals surface area contributed by atoms with Gasteiger partial charge in [-0.2, -0.15) is 0 Å². The summed E-state index contributed by atoms with van der Waals surface area (Å²) >= 11 is 0. The molecule has 1 rings (SSSR count). The van der Waals surface area contributed by atoms with Crippen LogP contribution in [-0.2, 0) is 4.79 Å². The summed E-state index contributed by atoms with van der Waals surface area (Å²) in [6.07, 6.45) is 0.560. The average Bonchev–Trinajstić information content (AvgIpc) is 2.19. The Hall–Kier alpha value is -1.84. The number of phenolic OH excluding ortho intramolecular Hbond substituents is 1. The fraction of sp³-hybridized carbons (Fsp3) is 0.333. The summed E-state index contributed by atoms with van der Waals surface area (Å²) in [6.45, 7) is 5.29. The second kappa shape index (κ2) is 4.79. The lowest BCUT2D eigenvalue weighted by atomic mass is 9.98. The number of hydrogen-bond acceptors (Lipinski definition) is 3. The molecule has 4 heteroatoms. The number of nitrogens with one attached hydrogen (secondary N) is 1. The van der Waals surface area contributed by atoms with Crippen molar-refractivity contribution in [3.63, 3.8) is 0 Å². The van der Waals surface area contributed by atoms with E-state index in [-0.39, 0.29) is 23.1 Å². The molecule has 16 heavy (non-hydrogen) atoms. The number of benzene rings is 1. The van der Waals surface area contributed by atoms with E-state index < -0.39 is 0 Å². The van der Waals surface area contributed by atoms with E-state index in [1.165, 1.54) is 19.1 Å². The molecule has 0 radical (unpaired) electrons. The second-order valence-electron chi connectivity index (χ2n) is 3.95. The van der Waals surface area contributed by atoms with Gasteiger partial charge in [-0.1, -0.05) is 13.8 Å². The first-order valence-electron chi connectivity index (χ1n) is 5.05. The molecule has 0 heterocycles. The van der Waals surface area contributed by atoms with E-state index in [1.54, 1.807) is 0 Å². The lowest BCUT2D eigenvalue weighted by molar-refractivity contribution is -0.114. The maximum atomic E-state index is 11.0. The molecular formula is C12H15NO3. The first-order chi connectivity index (χ1) is 7.45. The van der Waals surface area contributed by atoms with E-state index in [9.17, 15) is 14.7 Å². The van der Waals surface area contributed by atoms with Crippen LogP contribution >= 0.6 is 0 Å². The number of aromatic hydroxyl groups is 1. The molecule has 0 fully saturated rings. The van der Waals surface area contributed by atoms with Crippen molar-refractivity contribution in [2.24, 2.45) is 0 Å². The standard InChI is InChI=1S/C12H15NO3/c1-7(2)10-5-12(16)9(6-14)4-11(10)13-8(3)15/h4-7,16H,1-3H3,(H,13,15). The molecule has 86 valence electrons. The van der Waals surface area contributed by atoms with Gasteiger partial charge in [0, 0.05) is 12.6 Å². The number of phenols is 1. The van der Waals surface area contributed by atoms with Crippen molar-refractivity contribution >= 4 is 17.9 Å². The molecular weight excluding hydrogens is 206 g/mol. The summed E-state index contributed by atoms with van der Waals surface area (Å²) in [5, 5.41) is 12.2. The molecule has 0 atom stereocenters. The van der Waals surface area contributed by atoms with Crippen molar-refractivity contribution < 1.29 is 14.7 Å². The highest BCUT2D eigenvalue weighted by Gasteiger charge is 2.12. The van der Waals surface area contributed by atoms with E-state index in [1.807, 2.05) is 13.8 Å². The molecule has 0 saturated carbocycles. The van der Waals surface area contributed by atoms with Crippen LogP contribution in [0.25, 0.3) is 0 Å². The Morgan fingerprint density at radius 3 is 2.50 bits per heavy atom. The van der Waals surface area contributed by atoms with Crippen LogP contribution < -0.4 is 5.32 Å². The maximum Gasteiger partial charge on any atom is 0.221 e. The van der Waals surface area contributed by atoms with Crippen LogP contribution in [0.1, 0.15) is 42.6 Å². The van der Waals surface area contributed by atoms with Crippen molar-refractivity contribution in [2.45, 2.75) is 26.7 Å². The van der Waals surface area contributed by atoms with Crippen molar-refractivity contribution in [3.8, 4) is 5.75 Å². The topological polar surface area (TPSA) is 66.4 Å². The third-order valence-electron chi connectivity index (χ3n) is 2.26. The van der Waals surface area contributed by atoms with Crippen molar-refractivity contribution in [1.82, 2.24) is 0 Å². The van der Waals surface area contributed by atoms with E-state index in [2.05, 4.69) is 5.32 Å². The first-order valence-corrected chi connectivity index (χ1v) is 5.05. The molecule has 0 aliphatic rings. The quantitative estimate of drug-likeness (QED) is 0.608. The number of hydrogen-bond donors (Lipinski definition) is 2. The molecule has 0 spiro atoms. The summed E-state index contributed by atoms with van der Waals surface area (Å²) in [4.78, 5) is 21.7. The Kier molecular flexibility index (Phi) is 3.66. The molecule has 0 unspecified atom stereocenters. The SMILES string of the molecule is CC(=O)Nc1cc(C=O)c(O)cc1C(C)C. The van der Waals surface area contributed by atoms with Gasteiger partial charge in [0.05, 0.1) is 5.56 Å². The molecule has 0 saturated heterocycles. The summed E-state index contributed by atoms with van der Waals surface area (Å²) in [5.74, 6) is -0.120. The minimum atomic E-state index is -0.204. The van der Waals surface area contributed by atoms with Gasteiger partial charge in [0.15, 0.2) is 6.29 Å². The van der Waals surface area contributed by atoms with Crippen LogP contribution in [0, 0.1) is 0 Å². The molecule has 1 aromatic carbocycles. The Labute approximate surface area is 94.3 Å². The molecule has 0 bridgehead atoms. The Bertz CT molecular complexity index is 425. The number of carbonyl (C=O) groups is 2. The van der Waals surface area contributed by atoms with Gasteiger partial charge >= 0.3 is 0 Å². The highest BCUT2D eigenvalue weighted by atomic mass is 16.3. The third kappa shape index (κ3) is 2.59. The van der Waals surface area contributed by atoms with E-state index >= 15 is 0 Å². The molecule has 4 nitrogen and oxygen atoms in total. The number of anilines is 1. The van der Waals surface area contributed by atoms with Crippen LogP contribution in [0.2, 0.25) is 0 Å². The van der Waals surface area contributed by atoms with Crippen LogP contribution in [0.15, 0.2) is 12.1 Å². The zero-order valence-corrected chi connectivity index (χ0v) is 9.57. The Balaban J connectivity index is 3.30. The summed E-state index contributed by atoms with van der Waals surface area (Å²) in [7, 11) is 0. The van der Waals surface area contributed by atoms with Crippen LogP contribution in [0.5, 0.6) is 5.75 Å². The van der Waals surface area contributed by atoms with Gasteiger partial charge in [-0.15, -0.1) is 0 Å². The monoisotopic (exact) mass is 221 g/mol. The molecule has 0 aliphatic carbocycles. The summed E-state index contributed by atoms with van der Waals surface area (Å²) in [6, 6.07) is 3.00. The highest BCUT2D eigenvalue weighted by Crippen LogP contribution is 2.30. The number of carbonyl (C=O) groups excluding carboxylic acids is 2. The highest BCUT2D eigenvalue weighted by molar-refractivity contribution is 5.92. The van der Waals surface area contributed by atoms with E-state index in [0.717, 1.165) is 5.56 Å². The Morgan fingerprint density at radius 1 is 1.44 bits per heavy atom. The molecule has 0 aliphatic heterocycles. The van der Waals surface area contributed by atoms with E-state index in [4.69, 9.17) is 0 Å². The smallest absolute Gasteiger partial charge is 0.221 e. The minimum absolute atomic E-state index is 0.0622. The third-order valence-corrected chi connectivity index (χ3v) is 2.26. The largest absolute Gasteiger partial charge is 0.507 e. The Morgan fingerprint density at radius 2 is 2.06 bits per heavy atom. The molecule has 0 aromatic heterocycles. The normalized spacial score (nSPS) is 10.2. The number of rotatable bonds is 3. The van der Waals surface area contributed by atoms with Crippen LogP contribution in [0.3, 0.4) is 0 Å². The zero-order valence-electron chi connectivity index (χ0n) is 9.57. The summed E-state index contributed by atoms with van der Waals surface area (Å²) < 4.78 is 0. The van der Waals surface area contributed by atoms with Crippen molar-refractivity contribution in [3.05, 3.63) is 23.3 Å². The second-order valence-corrected chi connectivity index (χ2v) is 3.95. The number of amides is 1. The predicted molar refractivity (Wildman–Crippen MR) is 61.9 cm³/mol. The van der Waals surface area contributed by atoms with Crippen molar-refractivity contribution in [1.29, 1.82) is 0 Å². The van der Waals surface area contributed by atoms with Gasteiger partial charge in [-0.05, 0) is 23.6 Å². The predicted octanol–water partition coefficient (Wildman–Crippen LogP) is 2.29. The molecule has 1 amide bonds. The molecule has 1 aromatic rings. The number of aldehydes is 1. The van der Waals surface area contributed by atoms with Gasteiger partial charge in [-0.3, -0.25) is 9.59 Å². The zero-order chi connectivity index (χ0) is 12.3. The van der Waals surface area contributed by atoms with Gasteiger partial charge in [0.25, 0.3) is 0 Å². The van der Waals surface area contributed by atoms with Gasteiger partial charge in [0.2, 0.25) is 5.91 Å². The van der Waals surface area contributed by atoms with Crippen LogP contribution in [0.4, 0.5) is 5.69 Å². The van der Waals surface area contributed by atoms with E-state index in [0.29, 0.717) is 12.0 Å². The van der Waals surface area contributed by atoms with Crippen LogP contribution in [-0.4, -0.2) is 17.3 Å².